The maximum absolute atomic E-state index is 9.25. The van der Waals surface area contributed by atoms with E-state index in [1.807, 2.05) is 0 Å². The lowest BCUT2D eigenvalue weighted by molar-refractivity contribution is 0.474. The number of nitrogens with one attached hydrogen (secondary N) is 1. The van der Waals surface area contributed by atoms with Gasteiger partial charge in [-0.15, -0.1) is 0 Å². The molecule has 2 heterocycles. The van der Waals surface area contributed by atoms with Crippen LogP contribution in [0.15, 0.2) is 12.4 Å². The molecule has 0 spiro atoms. The first-order chi connectivity index (χ1) is 5.70. The van der Waals surface area contributed by atoms with E-state index in [0.717, 1.165) is 8.96 Å². The van der Waals surface area contributed by atoms with Crippen molar-refractivity contribution in [1.82, 2.24) is 9.97 Å². The number of nitrogens with zero attached hydrogens (tertiary/aromatic N) is 1. The molecule has 0 bridgehead atoms. The second kappa shape index (κ2) is 2.77. The van der Waals surface area contributed by atoms with Gasteiger partial charge in [0.25, 0.3) is 0 Å². The van der Waals surface area contributed by atoms with Crippen molar-refractivity contribution >= 4 is 45.2 Å². The minimum atomic E-state index is 0.0154. The predicted octanol–water partition coefficient (Wildman–Crippen LogP) is 2.53. The van der Waals surface area contributed by atoms with Crippen LogP contribution in [0, 0.1) is 3.57 Å². The summed E-state index contributed by atoms with van der Waals surface area (Å²) in [4.78, 5) is 6.91. The molecule has 62 valence electrons. The number of aromatic amines is 1. The first-order valence-corrected chi connectivity index (χ1v) is 4.66. The first kappa shape index (κ1) is 8.12. The molecule has 0 fully saturated rings. The zero-order chi connectivity index (χ0) is 8.72. The highest BCUT2D eigenvalue weighted by molar-refractivity contribution is 14.1. The molecule has 0 saturated carbocycles. The Morgan fingerprint density at radius 2 is 2.33 bits per heavy atom. The van der Waals surface area contributed by atoms with Crippen molar-refractivity contribution in [2.75, 3.05) is 0 Å². The lowest BCUT2D eigenvalue weighted by Gasteiger charge is -1.96. The van der Waals surface area contributed by atoms with Gasteiger partial charge in [0.05, 0.1) is 16.6 Å². The van der Waals surface area contributed by atoms with E-state index in [2.05, 4.69) is 32.6 Å². The number of hydrogen-bond acceptors (Lipinski definition) is 2. The van der Waals surface area contributed by atoms with Gasteiger partial charge in [-0.1, -0.05) is 11.6 Å². The molecule has 0 aliphatic rings. The minimum absolute atomic E-state index is 0.0154. The molecule has 3 nitrogen and oxygen atoms in total. The topological polar surface area (TPSA) is 48.9 Å². The Balaban J connectivity index is 2.96. The summed E-state index contributed by atoms with van der Waals surface area (Å²) in [5, 5.41) is 10.4. The standard InChI is InChI=1S/C7H4ClIN2O/c8-6-4(12)2-11-7-5(6)3(9)1-10-7/h1-2,12H,(H,10,11). The molecule has 0 radical (unpaired) electrons. The van der Waals surface area contributed by atoms with Gasteiger partial charge in [0.1, 0.15) is 5.65 Å². The quantitative estimate of drug-likeness (QED) is 0.734. The number of pyridine rings is 1. The fourth-order valence-electron chi connectivity index (χ4n) is 1.01. The van der Waals surface area contributed by atoms with E-state index >= 15 is 0 Å². The van der Waals surface area contributed by atoms with Gasteiger partial charge in [0.2, 0.25) is 0 Å². The largest absolute Gasteiger partial charge is 0.505 e. The van der Waals surface area contributed by atoms with Crippen LogP contribution in [0.3, 0.4) is 0 Å². The Morgan fingerprint density at radius 1 is 1.58 bits per heavy atom. The van der Waals surface area contributed by atoms with E-state index in [-0.39, 0.29) is 5.75 Å². The normalized spacial score (nSPS) is 10.8. The van der Waals surface area contributed by atoms with Crippen molar-refractivity contribution < 1.29 is 5.11 Å². The highest BCUT2D eigenvalue weighted by atomic mass is 127. The number of aromatic nitrogens is 2. The smallest absolute Gasteiger partial charge is 0.153 e. The van der Waals surface area contributed by atoms with Crippen LogP contribution in [0.1, 0.15) is 0 Å². The van der Waals surface area contributed by atoms with E-state index in [9.17, 15) is 5.11 Å². The molecule has 0 saturated heterocycles. The molecular weight excluding hydrogens is 290 g/mol. The monoisotopic (exact) mass is 294 g/mol. The summed E-state index contributed by atoms with van der Waals surface area (Å²) >= 11 is 7.99. The molecular formula is C7H4ClIN2O. The van der Waals surface area contributed by atoms with Gasteiger partial charge in [-0.05, 0) is 22.6 Å². The molecule has 2 rings (SSSR count). The maximum atomic E-state index is 9.25. The zero-order valence-corrected chi connectivity index (χ0v) is 8.72. The molecule has 0 amide bonds. The summed E-state index contributed by atoms with van der Waals surface area (Å²) in [7, 11) is 0. The first-order valence-electron chi connectivity index (χ1n) is 3.20. The summed E-state index contributed by atoms with van der Waals surface area (Å²) in [6, 6.07) is 0. The fraction of sp³-hybridized carbons (Fsp3) is 0. The Kier molecular flexibility index (Phi) is 1.88. The number of aromatic hydroxyl groups is 1. The number of rotatable bonds is 0. The molecule has 0 atom stereocenters. The Labute approximate surface area is 86.9 Å². The van der Waals surface area contributed by atoms with E-state index in [0.29, 0.717) is 10.7 Å². The lowest BCUT2D eigenvalue weighted by Crippen LogP contribution is -1.78. The third-order valence-corrected chi connectivity index (χ3v) is 2.80. The molecule has 12 heavy (non-hydrogen) atoms. The van der Waals surface area contributed by atoms with Crippen LogP contribution in [0.4, 0.5) is 0 Å². The summed E-state index contributed by atoms with van der Waals surface area (Å²) in [5.74, 6) is 0.0154. The van der Waals surface area contributed by atoms with Crippen LogP contribution in [0.2, 0.25) is 5.02 Å². The van der Waals surface area contributed by atoms with E-state index in [1.54, 1.807) is 6.20 Å². The van der Waals surface area contributed by atoms with E-state index in [4.69, 9.17) is 11.6 Å². The van der Waals surface area contributed by atoms with Gasteiger partial charge in [-0.25, -0.2) is 4.98 Å². The number of hydrogen-bond donors (Lipinski definition) is 2. The minimum Gasteiger partial charge on any atom is -0.505 e. The van der Waals surface area contributed by atoms with Gasteiger partial charge < -0.3 is 10.1 Å². The van der Waals surface area contributed by atoms with E-state index in [1.165, 1.54) is 6.20 Å². The predicted molar refractivity (Wildman–Crippen MR) is 55.5 cm³/mol. The van der Waals surface area contributed by atoms with Crippen LogP contribution >= 0.6 is 34.2 Å². The molecule has 2 aromatic rings. The SMILES string of the molecule is Oc1cnc2[nH]cc(I)c2c1Cl. The third-order valence-electron chi connectivity index (χ3n) is 1.57. The lowest BCUT2D eigenvalue weighted by atomic mass is 10.3. The molecule has 2 N–H and O–H groups in total. The summed E-state index contributed by atoms with van der Waals surface area (Å²) in [6.07, 6.45) is 3.13. The average molecular weight is 294 g/mol. The molecule has 0 aliphatic carbocycles. The van der Waals surface area contributed by atoms with Crippen LogP contribution in [0.5, 0.6) is 5.75 Å². The Hall–Kier alpha value is -0.490. The summed E-state index contributed by atoms with van der Waals surface area (Å²) < 4.78 is 0.955. The second-order valence-electron chi connectivity index (χ2n) is 2.32. The number of fused-ring (bicyclic) bond motifs is 1. The Morgan fingerprint density at radius 3 is 3.08 bits per heavy atom. The van der Waals surface area contributed by atoms with Crippen molar-refractivity contribution in [3.63, 3.8) is 0 Å². The molecule has 0 aliphatic heterocycles. The van der Waals surface area contributed by atoms with Crippen LogP contribution < -0.4 is 0 Å². The average Bonchev–Trinajstić information content (AvgIpc) is 2.41. The third kappa shape index (κ3) is 1.06. The number of halogens is 2. The summed E-state index contributed by atoms with van der Waals surface area (Å²) in [5.41, 5.74) is 0.696. The highest BCUT2D eigenvalue weighted by Gasteiger charge is 2.09. The van der Waals surface area contributed by atoms with Gasteiger partial charge in [0, 0.05) is 9.77 Å². The van der Waals surface area contributed by atoms with Gasteiger partial charge in [-0.3, -0.25) is 0 Å². The number of H-pyrrole nitrogens is 1. The molecule has 5 heteroatoms. The molecule has 2 aromatic heterocycles. The van der Waals surface area contributed by atoms with Crippen molar-refractivity contribution in [1.29, 1.82) is 0 Å². The fourth-order valence-corrected chi connectivity index (χ4v) is 2.09. The van der Waals surface area contributed by atoms with Gasteiger partial charge >= 0.3 is 0 Å². The molecule has 0 aromatic carbocycles. The zero-order valence-electron chi connectivity index (χ0n) is 5.81. The highest BCUT2D eigenvalue weighted by Crippen LogP contribution is 2.32. The van der Waals surface area contributed by atoms with Crippen molar-refractivity contribution in [3.05, 3.63) is 21.0 Å². The van der Waals surface area contributed by atoms with Crippen LogP contribution in [-0.4, -0.2) is 15.1 Å². The van der Waals surface area contributed by atoms with Gasteiger partial charge in [0.15, 0.2) is 5.75 Å². The van der Waals surface area contributed by atoms with Crippen LogP contribution in [-0.2, 0) is 0 Å². The van der Waals surface area contributed by atoms with Crippen molar-refractivity contribution in [2.24, 2.45) is 0 Å². The van der Waals surface area contributed by atoms with E-state index < -0.39 is 0 Å². The molecule has 0 unspecified atom stereocenters. The maximum Gasteiger partial charge on any atom is 0.153 e. The van der Waals surface area contributed by atoms with Crippen molar-refractivity contribution in [2.45, 2.75) is 0 Å². The second-order valence-corrected chi connectivity index (χ2v) is 3.86. The Bertz CT molecular complexity index is 440. The van der Waals surface area contributed by atoms with Gasteiger partial charge in [-0.2, -0.15) is 0 Å². The van der Waals surface area contributed by atoms with Crippen molar-refractivity contribution in [3.8, 4) is 5.75 Å². The summed E-state index contributed by atoms with van der Waals surface area (Å²) in [6.45, 7) is 0. The van der Waals surface area contributed by atoms with Crippen LogP contribution in [0.25, 0.3) is 11.0 Å².